The van der Waals surface area contributed by atoms with Gasteiger partial charge in [0.15, 0.2) is 6.10 Å². The van der Waals surface area contributed by atoms with Crippen LogP contribution in [0.1, 0.15) is 75.3 Å². The van der Waals surface area contributed by atoms with Crippen LogP contribution >= 0.6 is 0 Å². The first-order valence-electron chi connectivity index (χ1n) is 21.3. The molecule has 2 aromatic carbocycles. The number of carbonyl (C=O) groups is 4. The molecule has 1 spiro atoms. The third-order valence-electron chi connectivity index (χ3n) is 15.5. The number of aromatic nitrogens is 1. The number of ether oxygens (including phenoxy) is 4. The molecule has 5 aliphatic heterocycles. The molecule has 3 aromatic rings. The number of amides is 1. The van der Waals surface area contributed by atoms with E-state index in [-0.39, 0.29) is 12.3 Å². The number of nitrogens with one attached hydrogen (secondary N) is 1. The smallest absolute Gasteiger partial charge is 0.344 e. The highest BCUT2D eigenvalue weighted by Crippen LogP contribution is 2.68. The maximum atomic E-state index is 15.3. The van der Waals surface area contributed by atoms with Crippen molar-refractivity contribution in [3.05, 3.63) is 70.9 Å². The number of fused-ring (bicyclic) bond motifs is 6. The van der Waals surface area contributed by atoms with E-state index >= 15 is 4.79 Å². The Morgan fingerprint density at radius 2 is 1.73 bits per heavy atom. The number of anilines is 1. The monoisotopic (exact) mass is 824 g/mol. The number of hydrogen-bond acceptors (Lipinski definition) is 12. The summed E-state index contributed by atoms with van der Waals surface area (Å²) < 4.78 is 23.7. The SMILES string of the molecule is CC[C@]1(O)C[C@@H]2CN(CCc3c([nH]c4ccccc34)[C@@](C(=O)OC)(c3cc4c(cc3OC)N(C=O)C3[C@]45CCN4CC=C[C@](CC)(C45)[C@@H](OC(C)=O)[C@]3(O)C(=O)OC)C2)C1. The molecule has 9 rings (SSSR count). The Hall–Kier alpha value is -4.76. The number of nitrogens with zero attached hydrogens (tertiary/aromatic N) is 3. The van der Waals surface area contributed by atoms with Crippen LogP contribution < -0.4 is 9.64 Å². The van der Waals surface area contributed by atoms with Gasteiger partial charge < -0.3 is 39.0 Å². The second kappa shape index (κ2) is 14.1. The number of para-hydroxylation sites is 1. The van der Waals surface area contributed by atoms with Gasteiger partial charge in [-0.05, 0) is 74.2 Å². The topological polar surface area (TPSA) is 171 Å². The Balaban J connectivity index is 1.38. The quantitative estimate of drug-likeness (QED) is 0.131. The Morgan fingerprint density at radius 1 is 0.967 bits per heavy atom. The van der Waals surface area contributed by atoms with E-state index in [4.69, 9.17) is 18.9 Å². The molecular formula is C46H56N4O10. The number of aromatic amines is 1. The molecule has 14 nitrogen and oxygen atoms in total. The standard InChI is InChI=1S/C46H56N4O10/c1-7-42(55)22-28-23-45(40(53)58-5,36-30(14-18-48(24-28)25-42)29-12-9-10-13-33(29)47-36)32-20-31-34(21-35(32)57-4)50(26-51)38-44(31)16-19-49-17-11-15-43(8-2,37(44)49)39(60-27(3)52)46(38,56)41(54)59-6/h9-13,15,20-21,26,28,37-39,47,55-56H,7-8,14,16-19,22-25H2,1-6H3/t28-,37?,38?,39+,42-,43+,44+,45-,46-/m0/s1. The molecule has 2 saturated heterocycles. The van der Waals surface area contributed by atoms with Crippen molar-refractivity contribution >= 4 is 40.9 Å². The molecule has 60 heavy (non-hydrogen) atoms. The Labute approximate surface area is 349 Å². The summed E-state index contributed by atoms with van der Waals surface area (Å²) in [5, 5.41) is 26.3. The number of carbonyl (C=O) groups excluding carboxylic acids is 4. The maximum absolute atomic E-state index is 15.3. The van der Waals surface area contributed by atoms with Crippen LogP contribution in [-0.4, -0.2) is 133 Å². The molecule has 3 N–H and O–H groups in total. The molecule has 6 aliphatic rings. The summed E-state index contributed by atoms with van der Waals surface area (Å²) in [4.78, 5) is 66.1. The van der Waals surface area contributed by atoms with Gasteiger partial charge in [-0.1, -0.05) is 44.2 Å². The highest BCUT2D eigenvalue weighted by molar-refractivity contribution is 5.96. The van der Waals surface area contributed by atoms with Gasteiger partial charge >= 0.3 is 17.9 Å². The molecule has 320 valence electrons. The summed E-state index contributed by atoms with van der Waals surface area (Å²) in [5.74, 6) is -2.06. The molecule has 10 atom stereocenters. The van der Waals surface area contributed by atoms with Gasteiger partial charge in [0.05, 0.1) is 38.7 Å². The number of rotatable bonds is 8. The third kappa shape index (κ3) is 5.19. The number of piperidine rings is 1. The second-order valence-electron chi connectivity index (χ2n) is 18.1. The lowest BCUT2D eigenvalue weighted by Crippen LogP contribution is -2.81. The Bertz CT molecular complexity index is 2310. The van der Waals surface area contributed by atoms with Crippen molar-refractivity contribution in [3.8, 4) is 5.75 Å². The van der Waals surface area contributed by atoms with Crippen molar-refractivity contribution < 1.29 is 48.3 Å². The number of benzene rings is 2. The summed E-state index contributed by atoms with van der Waals surface area (Å²) >= 11 is 0. The van der Waals surface area contributed by atoms with Crippen LogP contribution in [-0.2, 0) is 50.6 Å². The summed E-state index contributed by atoms with van der Waals surface area (Å²) in [5.41, 5.74) is -3.15. The molecule has 1 amide bonds. The van der Waals surface area contributed by atoms with Gasteiger partial charge in [-0.25, -0.2) is 4.79 Å². The highest BCUT2D eigenvalue weighted by atomic mass is 16.6. The zero-order valence-corrected chi connectivity index (χ0v) is 35.3. The molecule has 6 heterocycles. The fraction of sp³-hybridized carbons (Fsp3) is 0.565. The van der Waals surface area contributed by atoms with Crippen molar-refractivity contribution in [2.75, 3.05) is 59.0 Å². The predicted molar refractivity (Wildman–Crippen MR) is 221 cm³/mol. The summed E-state index contributed by atoms with van der Waals surface area (Å²) in [6, 6.07) is 9.97. The fourth-order valence-electron chi connectivity index (χ4n) is 13.4. The van der Waals surface area contributed by atoms with E-state index in [0.717, 1.165) is 16.5 Å². The number of hydrogen-bond donors (Lipinski definition) is 3. The minimum Gasteiger partial charge on any atom is -0.496 e. The highest BCUT2D eigenvalue weighted by Gasteiger charge is 2.81. The van der Waals surface area contributed by atoms with E-state index in [1.807, 2.05) is 50.3 Å². The number of methoxy groups -OCH3 is 3. The lowest BCUT2D eigenvalue weighted by atomic mass is 9.47. The van der Waals surface area contributed by atoms with E-state index in [2.05, 4.69) is 20.9 Å². The lowest BCUT2D eigenvalue weighted by Gasteiger charge is -2.63. The zero-order chi connectivity index (χ0) is 42.6. The average molecular weight is 825 g/mol. The number of H-pyrrole nitrogens is 1. The molecule has 0 radical (unpaired) electrons. The second-order valence-corrected chi connectivity index (χ2v) is 18.1. The van der Waals surface area contributed by atoms with Crippen molar-refractivity contribution in [1.29, 1.82) is 0 Å². The lowest BCUT2D eigenvalue weighted by molar-refractivity contribution is -0.228. The van der Waals surface area contributed by atoms with Gasteiger partial charge in [0, 0.05) is 78.2 Å². The first-order chi connectivity index (χ1) is 28.8. The van der Waals surface area contributed by atoms with Gasteiger partial charge in [0.25, 0.3) is 0 Å². The summed E-state index contributed by atoms with van der Waals surface area (Å²) in [6.07, 6.45) is 5.83. The summed E-state index contributed by atoms with van der Waals surface area (Å²) in [6.45, 7) is 8.16. The van der Waals surface area contributed by atoms with Crippen molar-refractivity contribution in [2.24, 2.45) is 11.3 Å². The molecule has 3 fully saturated rings. The van der Waals surface area contributed by atoms with E-state index in [0.29, 0.717) is 99.5 Å². The van der Waals surface area contributed by atoms with Crippen LogP contribution in [0.4, 0.5) is 5.69 Å². The van der Waals surface area contributed by atoms with Crippen LogP contribution in [0.25, 0.3) is 10.9 Å². The molecule has 1 saturated carbocycles. The molecule has 14 heteroatoms. The zero-order valence-electron chi connectivity index (χ0n) is 35.3. The van der Waals surface area contributed by atoms with Crippen LogP contribution in [0.5, 0.6) is 5.75 Å². The molecule has 1 aliphatic carbocycles. The Kier molecular flexibility index (Phi) is 9.58. The van der Waals surface area contributed by atoms with E-state index in [9.17, 15) is 24.6 Å². The maximum Gasteiger partial charge on any atom is 0.344 e. The van der Waals surface area contributed by atoms with Crippen LogP contribution in [0.2, 0.25) is 0 Å². The van der Waals surface area contributed by atoms with E-state index < -0.39 is 63.5 Å². The van der Waals surface area contributed by atoms with Gasteiger partial charge in [-0.15, -0.1) is 0 Å². The van der Waals surface area contributed by atoms with Crippen LogP contribution in [0.3, 0.4) is 0 Å². The fourth-order valence-corrected chi connectivity index (χ4v) is 13.4. The van der Waals surface area contributed by atoms with Gasteiger partial charge in [-0.3, -0.25) is 24.2 Å². The average Bonchev–Trinajstić information content (AvgIpc) is 3.92. The van der Waals surface area contributed by atoms with E-state index in [1.165, 1.54) is 33.2 Å². The third-order valence-corrected chi connectivity index (χ3v) is 15.5. The van der Waals surface area contributed by atoms with Gasteiger partial charge in [0.2, 0.25) is 12.0 Å². The minimum atomic E-state index is -2.53. The number of aliphatic hydroxyl groups is 2. The molecule has 1 aromatic heterocycles. The van der Waals surface area contributed by atoms with Gasteiger partial charge in [0.1, 0.15) is 11.2 Å². The van der Waals surface area contributed by atoms with E-state index in [1.54, 1.807) is 6.07 Å². The van der Waals surface area contributed by atoms with Crippen molar-refractivity contribution in [3.63, 3.8) is 0 Å². The molecular weight excluding hydrogens is 769 g/mol. The van der Waals surface area contributed by atoms with Crippen molar-refractivity contribution in [2.45, 2.75) is 99.5 Å². The predicted octanol–water partition coefficient (Wildman–Crippen LogP) is 3.52. The van der Waals surface area contributed by atoms with Gasteiger partial charge in [-0.2, -0.15) is 0 Å². The van der Waals surface area contributed by atoms with Crippen molar-refractivity contribution in [1.82, 2.24) is 14.8 Å². The van der Waals surface area contributed by atoms with Crippen LogP contribution in [0.15, 0.2) is 48.6 Å². The summed E-state index contributed by atoms with van der Waals surface area (Å²) in [7, 11) is 4.09. The minimum absolute atomic E-state index is 0.155. The molecule has 3 unspecified atom stereocenters. The van der Waals surface area contributed by atoms with Crippen LogP contribution in [0, 0.1) is 11.3 Å². The molecule has 2 bridgehead atoms. The first kappa shape index (κ1) is 40.6. The normalized spacial score (nSPS) is 36.5. The Morgan fingerprint density at radius 3 is 2.42 bits per heavy atom. The largest absolute Gasteiger partial charge is 0.496 e. The number of esters is 3. The first-order valence-corrected chi connectivity index (χ1v) is 21.3.